The number of carbonyl (C=O) groups excluding carboxylic acids is 1. The van der Waals surface area contributed by atoms with Crippen LogP contribution < -0.4 is 4.74 Å². The number of nitrogens with zero attached hydrogens (tertiary/aromatic N) is 1. The van der Waals surface area contributed by atoms with Gasteiger partial charge in [-0.3, -0.25) is 9.59 Å². The summed E-state index contributed by atoms with van der Waals surface area (Å²) in [6, 6.07) is 4.25. The molecule has 0 aromatic heterocycles. The fraction of sp³-hybridized carbons (Fsp3) is 0.429. The van der Waals surface area contributed by atoms with Crippen molar-refractivity contribution in [2.24, 2.45) is 5.92 Å². The second-order valence-electron chi connectivity index (χ2n) is 4.97. The second-order valence-corrected chi connectivity index (χ2v) is 5.89. The highest BCUT2D eigenvalue weighted by molar-refractivity contribution is 9.10. The van der Waals surface area contributed by atoms with Gasteiger partial charge in [-0.05, 0) is 37.0 Å². The molecule has 1 N–H and O–H groups in total. The summed E-state index contributed by atoms with van der Waals surface area (Å²) in [4.78, 5) is 24.0. The molecule has 1 aliphatic rings. The Kier molecular flexibility index (Phi) is 5.17. The van der Waals surface area contributed by atoms with Gasteiger partial charge in [0.05, 0.1) is 0 Å². The minimum atomic E-state index is -1.07. The molecular weight excluding hydrogens is 345 g/mol. The molecule has 1 amide bonds. The smallest absolute Gasteiger partial charge is 0.323 e. The van der Waals surface area contributed by atoms with E-state index < -0.39 is 17.7 Å². The van der Waals surface area contributed by atoms with Gasteiger partial charge in [-0.15, -0.1) is 0 Å². The molecule has 1 saturated carbocycles. The van der Waals surface area contributed by atoms with Crippen molar-refractivity contribution in [2.75, 3.05) is 19.7 Å². The summed E-state index contributed by atoms with van der Waals surface area (Å²) in [5.74, 6) is -1.76. The lowest BCUT2D eigenvalue weighted by molar-refractivity contribution is -0.145. The molecule has 0 heterocycles. The van der Waals surface area contributed by atoms with Crippen molar-refractivity contribution >= 4 is 27.8 Å². The number of amides is 1. The van der Waals surface area contributed by atoms with E-state index in [-0.39, 0.29) is 18.9 Å². The van der Waals surface area contributed by atoms with E-state index >= 15 is 0 Å². The number of carbonyl (C=O) groups is 2. The molecule has 0 atom stereocenters. The third kappa shape index (κ3) is 5.00. The number of benzene rings is 1. The van der Waals surface area contributed by atoms with Crippen LogP contribution in [-0.2, 0) is 9.59 Å². The summed E-state index contributed by atoms with van der Waals surface area (Å²) >= 11 is 3.12. The number of halogens is 2. The molecule has 1 aromatic carbocycles. The Hall–Kier alpha value is -1.63. The van der Waals surface area contributed by atoms with Gasteiger partial charge in [0, 0.05) is 11.0 Å². The summed E-state index contributed by atoms with van der Waals surface area (Å²) in [6.45, 7) is -0.322. The lowest BCUT2D eigenvalue weighted by atomic mass is 10.3. The van der Waals surface area contributed by atoms with Gasteiger partial charge in [0.2, 0.25) is 0 Å². The second kappa shape index (κ2) is 6.89. The number of carboxylic acids is 1. The first-order valence-electron chi connectivity index (χ1n) is 6.53. The highest BCUT2D eigenvalue weighted by Gasteiger charge is 2.28. The van der Waals surface area contributed by atoms with Crippen molar-refractivity contribution in [3.05, 3.63) is 28.5 Å². The maximum absolute atomic E-state index is 13.6. The normalized spacial score (nSPS) is 13.8. The molecule has 2 rings (SSSR count). The van der Waals surface area contributed by atoms with Crippen molar-refractivity contribution < 1.29 is 23.8 Å². The summed E-state index contributed by atoms with van der Waals surface area (Å²) in [6.07, 6.45) is 2.01. The van der Waals surface area contributed by atoms with Gasteiger partial charge in [-0.25, -0.2) is 4.39 Å². The van der Waals surface area contributed by atoms with Crippen molar-refractivity contribution in [1.29, 1.82) is 0 Å². The number of hydrogen-bond donors (Lipinski definition) is 1. The molecule has 1 fully saturated rings. The van der Waals surface area contributed by atoms with E-state index in [2.05, 4.69) is 15.9 Å². The molecule has 5 nitrogen and oxygen atoms in total. The Labute approximate surface area is 129 Å². The van der Waals surface area contributed by atoms with E-state index in [0.717, 1.165) is 12.8 Å². The Morgan fingerprint density at radius 1 is 1.43 bits per heavy atom. The molecule has 0 aliphatic heterocycles. The molecule has 0 saturated heterocycles. The van der Waals surface area contributed by atoms with Crippen LogP contribution >= 0.6 is 15.9 Å². The van der Waals surface area contributed by atoms with E-state index in [1.165, 1.54) is 17.0 Å². The van der Waals surface area contributed by atoms with E-state index in [4.69, 9.17) is 9.84 Å². The molecule has 0 unspecified atom stereocenters. The van der Waals surface area contributed by atoms with Gasteiger partial charge in [0.1, 0.15) is 6.54 Å². The van der Waals surface area contributed by atoms with Crippen LogP contribution in [0.2, 0.25) is 0 Å². The lowest BCUT2D eigenvalue weighted by Gasteiger charge is -2.20. The Balaban J connectivity index is 1.92. The van der Waals surface area contributed by atoms with E-state index in [1.54, 1.807) is 6.07 Å². The van der Waals surface area contributed by atoms with Crippen LogP contribution in [0.25, 0.3) is 0 Å². The summed E-state index contributed by atoms with van der Waals surface area (Å²) in [5, 5.41) is 8.83. The zero-order valence-corrected chi connectivity index (χ0v) is 12.8. The predicted molar refractivity (Wildman–Crippen MR) is 76.5 cm³/mol. The molecule has 0 radical (unpaired) electrons. The minimum absolute atomic E-state index is 0.0340. The van der Waals surface area contributed by atoms with E-state index in [0.29, 0.717) is 16.9 Å². The van der Waals surface area contributed by atoms with Gasteiger partial charge in [-0.1, -0.05) is 15.9 Å². The molecule has 7 heteroatoms. The van der Waals surface area contributed by atoms with Crippen molar-refractivity contribution in [3.8, 4) is 5.75 Å². The van der Waals surface area contributed by atoms with Crippen LogP contribution in [0.3, 0.4) is 0 Å². The largest absolute Gasteiger partial charge is 0.481 e. The quantitative estimate of drug-likeness (QED) is 0.810. The van der Waals surface area contributed by atoms with E-state index in [9.17, 15) is 14.0 Å². The monoisotopic (exact) mass is 359 g/mol. The van der Waals surface area contributed by atoms with Crippen molar-refractivity contribution in [2.45, 2.75) is 12.8 Å². The fourth-order valence-corrected chi connectivity index (χ4v) is 2.19. The standard InChI is InChI=1S/C14H15BrFNO4/c15-10-3-4-12(11(16)5-10)21-8-13(18)17(7-14(19)20)6-9-1-2-9/h3-5,9H,1-2,6-8H2,(H,19,20). The van der Waals surface area contributed by atoms with Gasteiger partial charge in [-0.2, -0.15) is 0 Å². The van der Waals surface area contributed by atoms with Crippen LogP contribution in [0.4, 0.5) is 4.39 Å². The number of hydrogen-bond acceptors (Lipinski definition) is 3. The summed E-state index contributed by atoms with van der Waals surface area (Å²) in [5.41, 5.74) is 0. The highest BCUT2D eigenvalue weighted by atomic mass is 79.9. The predicted octanol–water partition coefficient (Wildman–Crippen LogP) is 2.29. The molecule has 21 heavy (non-hydrogen) atoms. The zero-order chi connectivity index (χ0) is 15.4. The first-order chi connectivity index (χ1) is 9.95. The SMILES string of the molecule is O=C(O)CN(CC1CC1)C(=O)COc1ccc(Br)cc1F. The Morgan fingerprint density at radius 3 is 2.71 bits per heavy atom. The lowest BCUT2D eigenvalue weighted by Crippen LogP contribution is -2.40. The summed E-state index contributed by atoms with van der Waals surface area (Å²) in [7, 11) is 0. The first kappa shape index (κ1) is 15.8. The Morgan fingerprint density at radius 2 is 2.14 bits per heavy atom. The molecule has 114 valence electrons. The van der Waals surface area contributed by atoms with Crippen LogP contribution in [0.5, 0.6) is 5.75 Å². The number of ether oxygens (including phenoxy) is 1. The summed E-state index contributed by atoms with van der Waals surface area (Å²) < 4.78 is 19.3. The molecular formula is C14H15BrFNO4. The Bertz CT molecular complexity index is 548. The van der Waals surface area contributed by atoms with Gasteiger partial charge in [0.25, 0.3) is 5.91 Å². The van der Waals surface area contributed by atoms with Gasteiger partial charge < -0.3 is 14.7 Å². The van der Waals surface area contributed by atoms with Crippen molar-refractivity contribution in [3.63, 3.8) is 0 Å². The van der Waals surface area contributed by atoms with Crippen molar-refractivity contribution in [1.82, 2.24) is 4.90 Å². The van der Waals surface area contributed by atoms with Crippen LogP contribution in [0.1, 0.15) is 12.8 Å². The minimum Gasteiger partial charge on any atom is -0.481 e. The van der Waals surface area contributed by atoms with Crippen LogP contribution in [0.15, 0.2) is 22.7 Å². The van der Waals surface area contributed by atoms with Gasteiger partial charge >= 0.3 is 5.97 Å². The van der Waals surface area contributed by atoms with Crippen LogP contribution in [0, 0.1) is 11.7 Å². The maximum Gasteiger partial charge on any atom is 0.323 e. The third-order valence-corrected chi connectivity index (χ3v) is 3.59. The zero-order valence-electron chi connectivity index (χ0n) is 11.2. The highest BCUT2D eigenvalue weighted by Crippen LogP contribution is 2.29. The topological polar surface area (TPSA) is 66.8 Å². The molecule has 1 aliphatic carbocycles. The van der Waals surface area contributed by atoms with E-state index in [1.807, 2.05) is 0 Å². The molecule has 0 spiro atoms. The molecule has 1 aromatic rings. The first-order valence-corrected chi connectivity index (χ1v) is 7.32. The third-order valence-electron chi connectivity index (χ3n) is 3.10. The number of rotatable bonds is 7. The maximum atomic E-state index is 13.6. The average molecular weight is 360 g/mol. The van der Waals surface area contributed by atoms with Crippen LogP contribution in [-0.4, -0.2) is 41.6 Å². The fourth-order valence-electron chi connectivity index (χ4n) is 1.85. The molecule has 0 bridgehead atoms. The number of carboxylic acid groups (broad SMARTS) is 1. The van der Waals surface area contributed by atoms with Gasteiger partial charge in [0.15, 0.2) is 18.2 Å². The number of aliphatic carboxylic acids is 1. The average Bonchev–Trinajstić information content (AvgIpc) is 3.20.